The first-order chi connectivity index (χ1) is 9.09. The van der Waals surface area contributed by atoms with Gasteiger partial charge >= 0.3 is 0 Å². The molecule has 1 fully saturated rings. The van der Waals surface area contributed by atoms with Crippen LogP contribution in [0, 0.1) is 11.3 Å². The lowest BCUT2D eigenvalue weighted by molar-refractivity contribution is -0.104. The normalized spacial score (nSPS) is 37.7. The molecule has 104 valence electrons. The van der Waals surface area contributed by atoms with Crippen molar-refractivity contribution in [3.05, 3.63) is 29.8 Å². The van der Waals surface area contributed by atoms with Crippen molar-refractivity contribution in [2.24, 2.45) is 17.1 Å². The second-order valence-corrected chi connectivity index (χ2v) is 6.44. The van der Waals surface area contributed by atoms with Crippen LogP contribution in [0.15, 0.2) is 24.3 Å². The summed E-state index contributed by atoms with van der Waals surface area (Å²) in [5.74, 6) is 1.52. The van der Waals surface area contributed by atoms with Crippen LogP contribution in [0.3, 0.4) is 0 Å². The van der Waals surface area contributed by atoms with Crippen molar-refractivity contribution >= 4 is 0 Å². The Bertz CT molecular complexity index is 476. The summed E-state index contributed by atoms with van der Waals surface area (Å²) in [6.45, 7) is 3.22. The topological polar surface area (TPSA) is 55.5 Å². The number of aliphatic hydroxyl groups is 1. The second kappa shape index (κ2) is 4.50. The van der Waals surface area contributed by atoms with Crippen LogP contribution >= 0.6 is 0 Å². The zero-order valence-electron chi connectivity index (χ0n) is 11.6. The Morgan fingerprint density at radius 2 is 2.21 bits per heavy atom. The molecule has 0 bridgehead atoms. The molecule has 2 aliphatic rings. The maximum atomic E-state index is 11.1. The Balaban J connectivity index is 1.94. The fourth-order valence-electron chi connectivity index (χ4n) is 3.79. The maximum absolute atomic E-state index is 11.1. The summed E-state index contributed by atoms with van der Waals surface area (Å²) in [4.78, 5) is 0. The largest absolute Gasteiger partial charge is 0.493 e. The molecular formula is C16H23NO2. The lowest BCUT2D eigenvalue weighted by atomic mass is 9.66. The molecule has 3 nitrogen and oxygen atoms in total. The van der Waals surface area contributed by atoms with E-state index in [2.05, 4.69) is 13.0 Å². The molecule has 1 aromatic carbocycles. The highest BCUT2D eigenvalue weighted by atomic mass is 16.5. The van der Waals surface area contributed by atoms with E-state index >= 15 is 0 Å². The van der Waals surface area contributed by atoms with Gasteiger partial charge in [0.25, 0.3) is 0 Å². The molecule has 0 amide bonds. The van der Waals surface area contributed by atoms with Crippen molar-refractivity contribution in [2.45, 2.75) is 38.2 Å². The molecule has 3 unspecified atom stereocenters. The van der Waals surface area contributed by atoms with E-state index < -0.39 is 5.60 Å². The lowest BCUT2D eigenvalue weighted by Crippen LogP contribution is -2.57. The van der Waals surface area contributed by atoms with E-state index in [4.69, 9.17) is 10.5 Å². The Kier molecular flexibility index (Phi) is 3.06. The Morgan fingerprint density at radius 3 is 2.89 bits per heavy atom. The molecule has 1 aliphatic carbocycles. The Labute approximate surface area is 114 Å². The molecule has 1 aromatic rings. The average molecular weight is 261 g/mol. The smallest absolute Gasteiger partial charge is 0.122 e. The summed E-state index contributed by atoms with van der Waals surface area (Å²) in [6.07, 6.45) is 3.59. The van der Waals surface area contributed by atoms with E-state index in [-0.39, 0.29) is 5.41 Å². The van der Waals surface area contributed by atoms with Gasteiger partial charge in [-0.1, -0.05) is 25.1 Å². The van der Waals surface area contributed by atoms with Crippen LogP contribution in [0.4, 0.5) is 0 Å². The molecule has 1 saturated carbocycles. The van der Waals surface area contributed by atoms with Crippen molar-refractivity contribution in [1.29, 1.82) is 0 Å². The maximum Gasteiger partial charge on any atom is 0.122 e. The third kappa shape index (κ3) is 1.96. The van der Waals surface area contributed by atoms with Gasteiger partial charge in [0, 0.05) is 12.0 Å². The van der Waals surface area contributed by atoms with E-state index in [0.29, 0.717) is 19.1 Å². The quantitative estimate of drug-likeness (QED) is 0.857. The molecule has 1 heterocycles. The van der Waals surface area contributed by atoms with Crippen molar-refractivity contribution in [2.75, 3.05) is 13.2 Å². The highest BCUT2D eigenvalue weighted by Gasteiger charge is 2.54. The standard InChI is InChI=1S/C16H23NO2/c1-12-6-7-16(18,8-12)15(10-17)9-13-4-2-3-5-14(13)19-11-15/h2-5,12,18H,6-11,17H2,1H3. The second-order valence-electron chi connectivity index (χ2n) is 6.44. The molecule has 0 spiro atoms. The minimum atomic E-state index is -0.672. The van der Waals surface area contributed by atoms with E-state index in [9.17, 15) is 5.11 Å². The van der Waals surface area contributed by atoms with Crippen molar-refractivity contribution in [3.8, 4) is 5.75 Å². The van der Waals surface area contributed by atoms with Gasteiger partial charge in [-0.15, -0.1) is 0 Å². The monoisotopic (exact) mass is 261 g/mol. The molecule has 0 aromatic heterocycles. The van der Waals surface area contributed by atoms with Crippen molar-refractivity contribution < 1.29 is 9.84 Å². The van der Waals surface area contributed by atoms with Crippen LogP contribution in [0.2, 0.25) is 0 Å². The molecule has 0 radical (unpaired) electrons. The first-order valence-corrected chi connectivity index (χ1v) is 7.22. The summed E-state index contributed by atoms with van der Waals surface area (Å²) in [5.41, 5.74) is 6.24. The predicted octanol–water partition coefficient (Wildman–Crippen LogP) is 2.12. The summed E-state index contributed by atoms with van der Waals surface area (Å²) >= 11 is 0. The van der Waals surface area contributed by atoms with Crippen LogP contribution in [0.25, 0.3) is 0 Å². The molecule has 3 rings (SSSR count). The van der Waals surface area contributed by atoms with Crippen molar-refractivity contribution in [3.63, 3.8) is 0 Å². The van der Waals surface area contributed by atoms with Crippen molar-refractivity contribution in [1.82, 2.24) is 0 Å². The third-order valence-corrected chi connectivity index (χ3v) is 5.12. The number of fused-ring (bicyclic) bond motifs is 1. The number of ether oxygens (including phenoxy) is 1. The fourth-order valence-corrected chi connectivity index (χ4v) is 3.79. The first-order valence-electron chi connectivity index (χ1n) is 7.22. The highest BCUT2D eigenvalue weighted by Crippen LogP contribution is 2.50. The number of para-hydroxylation sites is 1. The number of hydrogen-bond acceptors (Lipinski definition) is 3. The Morgan fingerprint density at radius 1 is 1.42 bits per heavy atom. The summed E-state index contributed by atoms with van der Waals surface area (Å²) in [7, 11) is 0. The zero-order valence-corrected chi connectivity index (χ0v) is 11.6. The number of hydrogen-bond donors (Lipinski definition) is 2. The van der Waals surface area contributed by atoms with Gasteiger partial charge in [0.1, 0.15) is 5.75 Å². The summed E-state index contributed by atoms with van der Waals surface area (Å²) in [5, 5.41) is 11.1. The van der Waals surface area contributed by atoms with Gasteiger partial charge in [-0.2, -0.15) is 0 Å². The van der Waals surface area contributed by atoms with Gasteiger partial charge in [-0.05, 0) is 43.2 Å². The SMILES string of the molecule is CC1CCC(O)(C2(CN)COc3ccccc3C2)C1. The first kappa shape index (κ1) is 12.9. The van der Waals surface area contributed by atoms with Gasteiger partial charge in [0.05, 0.1) is 12.2 Å². The predicted molar refractivity (Wildman–Crippen MR) is 75.1 cm³/mol. The zero-order chi connectivity index (χ0) is 13.5. The minimum Gasteiger partial charge on any atom is -0.493 e. The fraction of sp³-hybridized carbons (Fsp3) is 0.625. The van der Waals surface area contributed by atoms with Crippen LogP contribution in [-0.2, 0) is 6.42 Å². The molecule has 19 heavy (non-hydrogen) atoms. The van der Waals surface area contributed by atoms with E-state index in [1.54, 1.807) is 0 Å². The molecule has 3 atom stereocenters. The minimum absolute atomic E-state index is 0.327. The van der Waals surface area contributed by atoms with Gasteiger partial charge in [0.2, 0.25) is 0 Å². The van der Waals surface area contributed by atoms with Crippen LogP contribution < -0.4 is 10.5 Å². The molecule has 3 N–H and O–H groups in total. The van der Waals surface area contributed by atoms with Crippen LogP contribution in [0.1, 0.15) is 31.7 Å². The molecule has 1 aliphatic heterocycles. The summed E-state index contributed by atoms with van der Waals surface area (Å²) in [6, 6.07) is 8.09. The number of rotatable bonds is 2. The van der Waals surface area contributed by atoms with Crippen LogP contribution in [0.5, 0.6) is 5.75 Å². The van der Waals surface area contributed by atoms with Gasteiger partial charge < -0.3 is 15.6 Å². The molecule has 0 saturated heterocycles. The third-order valence-electron chi connectivity index (χ3n) is 5.12. The highest BCUT2D eigenvalue weighted by molar-refractivity contribution is 5.37. The average Bonchev–Trinajstić information content (AvgIpc) is 2.79. The lowest BCUT2D eigenvalue weighted by Gasteiger charge is -2.47. The van der Waals surface area contributed by atoms with Gasteiger partial charge in [0.15, 0.2) is 0 Å². The van der Waals surface area contributed by atoms with E-state index in [1.807, 2.05) is 18.2 Å². The molecular weight excluding hydrogens is 238 g/mol. The van der Waals surface area contributed by atoms with Gasteiger partial charge in [-0.25, -0.2) is 0 Å². The number of benzene rings is 1. The van der Waals surface area contributed by atoms with Crippen LogP contribution in [-0.4, -0.2) is 23.9 Å². The van der Waals surface area contributed by atoms with Gasteiger partial charge in [-0.3, -0.25) is 0 Å². The number of nitrogens with two attached hydrogens (primary N) is 1. The van der Waals surface area contributed by atoms with E-state index in [0.717, 1.165) is 31.4 Å². The van der Waals surface area contributed by atoms with E-state index in [1.165, 1.54) is 5.56 Å². The Hall–Kier alpha value is -1.06. The summed E-state index contributed by atoms with van der Waals surface area (Å²) < 4.78 is 5.90. The molecule has 3 heteroatoms.